The van der Waals surface area contributed by atoms with Crippen molar-refractivity contribution in [2.45, 2.75) is 18.9 Å². The van der Waals surface area contributed by atoms with Gasteiger partial charge in [-0.15, -0.1) is 10.2 Å². The van der Waals surface area contributed by atoms with Gasteiger partial charge >= 0.3 is 0 Å². The summed E-state index contributed by atoms with van der Waals surface area (Å²) >= 11 is 1.61. The maximum atomic E-state index is 5.14. The van der Waals surface area contributed by atoms with Crippen molar-refractivity contribution in [3.05, 3.63) is 40.7 Å². The molecule has 1 aliphatic heterocycles. The number of nitrogens with one attached hydrogen (secondary N) is 1. The lowest BCUT2D eigenvalue weighted by Gasteiger charge is -2.24. The molecule has 1 N–H and O–H groups in total. The second-order valence-corrected chi connectivity index (χ2v) is 6.03. The SMILES string of the molecule is COCc1nnc2sc(C3CCNc4ccccc43)nn12. The van der Waals surface area contributed by atoms with E-state index in [1.54, 1.807) is 23.0 Å². The third-order valence-corrected chi connectivity index (χ3v) is 4.74. The topological polar surface area (TPSA) is 64.3 Å². The first kappa shape index (κ1) is 12.7. The Kier molecular flexibility index (Phi) is 3.08. The van der Waals surface area contributed by atoms with Crippen LogP contribution >= 0.6 is 11.3 Å². The fourth-order valence-corrected chi connectivity index (χ4v) is 3.77. The van der Waals surface area contributed by atoms with Crippen LogP contribution in [0.2, 0.25) is 0 Å². The highest BCUT2D eigenvalue weighted by atomic mass is 32.1. The summed E-state index contributed by atoms with van der Waals surface area (Å²) in [6.45, 7) is 1.39. The molecule has 7 heteroatoms. The van der Waals surface area contributed by atoms with Crippen LogP contribution in [0.15, 0.2) is 24.3 Å². The predicted molar refractivity (Wildman–Crippen MR) is 80.8 cm³/mol. The first-order valence-corrected chi connectivity index (χ1v) is 7.71. The van der Waals surface area contributed by atoms with Gasteiger partial charge in [0.2, 0.25) is 4.96 Å². The van der Waals surface area contributed by atoms with Crippen LogP contribution in [0.3, 0.4) is 0 Å². The van der Waals surface area contributed by atoms with Crippen LogP contribution < -0.4 is 5.32 Å². The summed E-state index contributed by atoms with van der Waals surface area (Å²) in [6, 6.07) is 8.43. The molecule has 0 bridgehead atoms. The molecule has 0 radical (unpaired) electrons. The van der Waals surface area contributed by atoms with E-state index in [9.17, 15) is 0 Å². The monoisotopic (exact) mass is 301 g/mol. The second-order valence-electron chi connectivity index (χ2n) is 5.04. The minimum absolute atomic E-state index is 0.324. The smallest absolute Gasteiger partial charge is 0.234 e. The Bertz CT molecular complexity index is 781. The lowest BCUT2D eigenvalue weighted by molar-refractivity contribution is 0.176. The van der Waals surface area contributed by atoms with E-state index in [1.165, 1.54) is 11.3 Å². The minimum atomic E-state index is 0.324. The van der Waals surface area contributed by atoms with Crippen molar-refractivity contribution in [1.29, 1.82) is 0 Å². The quantitative estimate of drug-likeness (QED) is 0.804. The first-order chi connectivity index (χ1) is 10.4. The zero-order valence-corrected chi connectivity index (χ0v) is 12.4. The molecule has 108 valence electrons. The fourth-order valence-electron chi connectivity index (χ4n) is 2.76. The second kappa shape index (κ2) is 5.09. The molecular weight excluding hydrogens is 286 g/mol. The highest BCUT2D eigenvalue weighted by molar-refractivity contribution is 7.16. The third kappa shape index (κ3) is 2.09. The van der Waals surface area contributed by atoms with Gasteiger partial charge in [-0.3, -0.25) is 0 Å². The Morgan fingerprint density at radius 3 is 3.19 bits per heavy atom. The van der Waals surface area contributed by atoms with Crippen LogP contribution in [-0.4, -0.2) is 33.5 Å². The molecule has 2 aromatic heterocycles. The average molecular weight is 301 g/mol. The highest BCUT2D eigenvalue weighted by Gasteiger charge is 2.25. The van der Waals surface area contributed by atoms with E-state index in [1.807, 2.05) is 0 Å². The summed E-state index contributed by atoms with van der Waals surface area (Å²) in [6.07, 6.45) is 1.04. The molecule has 4 rings (SSSR count). The highest BCUT2D eigenvalue weighted by Crippen LogP contribution is 2.37. The number of anilines is 1. The number of aromatic nitrogens is 4. The van der Waals surface area contributed by atoms with E-state index in [-0.39, 0.29) is 0 Å². The van der Waals surface area contributed by atoms with E-state index in [4.69, 9.17) is 9.84 Å². The van der Waals surface area contributed by atoms with Gasteiger partial charge in [-0.05, 0) is 18.1 Å². The van der Waals surface area contributed by atoms with Crippen molar-refractivity contribution in [3.63, 3.8) is 0 Å². The van der Waals surface area contributed by atoms with Crippen molar-refractivity contribution in [1.82, 2.24) is 19.8 Å². The lowest BCUT2D eigenvalue weighted by atomic mass is 9.92. The number of para-hydroxylation sites is 1. The molecule has 1 aromatic carbocycles. The number of hydrogen-bond donors (Lipinski definition) is 1. The normalized spacial score (nSPS) is 17.7. The number of nitrogens with zero attached hydrogens (tertiary/aromatic N) is 4. The summed E-state index contributed by atoms with van der Waals surface area (Å²) in [4.78, 5) is 0.827. The molecule has 0 amide bonds. The molecule has 0 fully saturated rings. The van der Waals surface area contributed by atoms with Gasteiger partial charge in [0.05, 0.1) is 0 Å². The van der Waals surface area contributed by atoms with Crippen molar-refractivity contribution in [2.24, 2.45) is 0 Å². The van der Waals surface area contributed by atoms with Crippen LogP contribution in [0.25, 0.3) is 4.96 Å². The molecule has 1 atom stereocenters. The molecule has 0 aliphatic carbocycles. The average Bonchev–Trinajstić information content (AvgIpc) is 3.09. The van der Waals surface area contributed by atoms with E-state index in [0.717, 1.165) is 28.8 Å². The standard InChI is InChI=1S/C14H15N5OS/c1-20-8-12-16-17-14-19(12)18-13(21-14)10-6-7-15-11-5-3-2-4-9(10)11/h2-5,10,15H,6-8H2,1H3. The number of fused-ring (bicyclic) bond motifs is 2. The molecule has 6 nitrogen and oxygen atoms in total. The Morgan fingerprint density at radius 2 is 2.29 bits per heavy atom. The van der Waals surface area contributed by atoms with E-state index < -0.39 is 0 Å². The molecule has 1 aliphatic rings. The zero-order chi connectivity index (χ0) is 14.2. The number of methoxy groups -OCH3 is 1. The number of rotatable bonds is 3. The number of hydrogen-bond acceptors (Lipinski definition) is 6. The minimum Gasteiger partial charge on any atom is -0.385 e. The van der Waals surface area contributed by atoms with Crippen LogP contribution in [0.4, 0.5) is 5.69 Å². The summed E-state index contributed by atoms with van der Waals surface area (Å²) < 4.78 is 6.94. The van der Waals surface area contributed by atoms with Crippen molar-refractivity contribution in [3.8, 4) is 0 Å². The van der Waals surface area contributed by atoms with Crippen molar-refractivity contribution < 1.29 is 4.74 Å². The Hall–Kier alpha value is -1.99. The Morgan fingerprint density at radius 1 is 1.38 bits per heavy atom. The molecule has 3 heterocycles. The third-order valence-electron chi connectivity index (χ3n) is 3.73. The van der Waals surface area contributed by atoms with Gasteiger partial charge in [0, 0.05) is 25.3 Å². The van der Waals surface area contributed by atoms with E-state index in [2.05, 4.69) is 39.8 Å². The zero-order valence-electron chi connectivity index (χ0n) is 11.6. The summed E-state index contributed by atoms with van der Waals surface area (Å²) in [5, 5.41) is 17.5. The number of benzene rings is 1. The van der Waals surface area contributed by atoms with Gasteiger partial charge in [-0.25, -0.2) is 0 Å². The fraction of sp³-hybridized carbons (Fsp3) is 0.357. The van der Waals surface area contributed by atoms with Crippen LogP contribution in [0.5, 0.6) is 0 Å². The van der Waals surface area contributed by atoms with Gasteiger partial charge in [0.25, 0.3) is 0 Å². The predicted octanol–water partition coefficient (Wildman–Crippen LogP) is 2.28. The number of ether oxygens (including phenoxy) is 1. The molecule has 0 saturated carbocycles. The van der Waals surface area contributed by atoms with Gasteiger partial charge in [0.1, 0.15) is 11.6 Å². The van der Waals surface area contributed by atoms with Crippen LogP contribution in [0.1, 0.15) is 28.7 Å². The van der Waals surface area contributed by atoms with Gasteiger partial charge < -0.3 is 10.1 Å². The molecular formula is C14H15N5OS. The molecule has 0 spiro atoms. The molecule has 3 aromatic rings. The van der Waals surface area contributed by atoms with E-state index >= 15 is 0 Å². The van der Waals surface area contributed by atoms with Crippen molar-refractivity contribution in [2.75, 3.05) is 19.0 Å². The summed E-state index contributed by atoms with van der Waals surface area (Å²) in [7, 11) is 1.65. The van der Waals surface area contributed by atoms with Crippen molar-refractivity contribution >= 4 is 22.0 Å². The maximum Gasteiger partial charge on any atom is 0.234 e. The summed E-state index contributed by atoms with van der Waals surface area (Å²) in [5.74, 6) is 1.07. The maximum absolute atomic E-state index is 5.14. The lowest BCUT2D eigenvalue weighted by Crippen LogP contribution is -2.17. The van der Waals surface area contributed by atoms with Gasteiger partial charge in [0.15, 0.2) is 5.82 Å². The molecule has 1 unspecified atom stereocenters. The summed E-state index contributed by atoms with van der Waals surface area (Å²) in [5.41, 5.74) is 2.51. The molecule has 0 saturated heterocycles. The van der Waals surface area contributed by atoms with Crippen LogP contribution in [0, 0.1) is 0 Å². The van der Waals surface area contributed by atoms with E-state index in [0.29, 0.717) is 12.5 Å². The molecule has 21 heavy (non-hydrogen) atoms. The Balaban J connectivity index is 1.77. The first-order valence-electron chi connectivity index (χ1n) is 6.89. The van der Waals surface area contributed by atoms with Gasteiger partial charge in [-0.2, -0.15) is 9.61 Å². The Labute approximate surface area is 125 Å². The van der Waals surface area contributed by atoms with Crippen LogP contribution in [-0.2, 0) is 11.3 Å². The largest absolute Gasteiger partial charge is 0.385 e. The van der Waals surface area contributed by atoms with Gasteiger partial charge in [-0.1, -0.05) is 29.5 Å².